The summed E-state index contributed by atoms with van der Waals surface area (Å²) in [6.45, 7) is 5.22. The summed E-state index contributed by atoms with van der Waals surface area (Å²) >= 11 is 0. The first-order valence-corrected chi connectivity index (χ1v) is 12.8. The molecule has 1 aromatic rings. The SMILES string of the molecule is CCC1=C(OC)C(=O)C(CCCCCCCCCCOC(=O)c2ccccc2OC(C)=O)=C(C)C1=O. The van der Waals surface area contributed by atoms with E-state index in [-0.39, 0.29) is 28.6 Å². The third-order valence-corrected chi connectivity index (χ3v) is 6.29. The van der Waals surface area contributed by atoms with Gasteiger partial charge in [-0.25, -0.2) is 4.79 Å². The van der Waals surface area contributed by atoms with Crippen LogP contribution in [0.4, 0.5) is 0 Å². The first-order chi connectivity index (χ1) is 17.3. The fourth-order valence-corrected chi connectivity index (χ4v) is 4.34. The minimum Gasteiger partial charge on any atom is -0.492 e. The highest BCUT2D eigenvalue weighted by atomic mass is 16.5. The number of ether oxygens (including phenoxy) is 3. The molecule has 1 aliphatic rings. The number of methoxy groups -OCH3 is 1. The molecule has 1 aromatic carbocycles. The molecule has 0 spiro atoms. The Balaban J connectivity index is 1.58. The smallest absolute Gasteiger partial charge is 0.341 e. The van der Waals surface area contributed by atoms with Crippen LogP contribution in [-0.2, 0) is 23.9 Å². The van der Waals surface area contributed by atoms with Gasteiger partial charge in [0.1, 0.15) is 11.3 Å². The number of benzene rings is 1. The summed E-state index contributed by atoms with van der Waals surface area (Å²) in [5, 5.41) is 0. The Morgan fingerprint density at radius 1 is 0.833 bits per heavy atom. The van der Waals surface area contributed by atoms with Gasteiger partial charge >= 0.3 is 11.9 Å². The maximum absolute atomic E-state index is 12.7. The Morgan fingerprint density at radius 3 is 2.06 bits per heavy atom. The van der Waals surface area contributed by atoms with E-state index in [2.05, 4.69) is 0 Å². The number of Topliss-reactive ketones (excluding diaryl/α,β-unsaturated/α-hetero) is 2. The van der Waals surface area contributed by atoms with Gasteiger partial charge in [-0.3, -0.25) is 14.4 Å². The maximum Gasteiger partial charge on any atom is 0.341 e. The van der Waals surface area contributed by atoms with E-state index in [0.29, 0.717) is 36.2 Å². The van der Waals surface area contributed by atoms with Crippen molar-refractivity contribution in [1.29, 1.82) is 0 Å². The van der Waals surface area contributed by atoms with Crippen molar-refractivity contribution in [2.45, 2.75) is 85.0 Å². The Labute approximate surface area is 213 Å². The first-order valence-electron chi connectivity index (χ1n) is 12.8. The van der Waals surface area contributed by atoms with Gasteiger partial charge in [-0.05, 0) is 44.7 Å². The van der Waals surface area contributed by atoms with Crippen molar-refractivity contribution in [2.24, 2.45) is 0 Å². The molecule has 0 saturated carbocycles. The van der Waals surface area contributed by atoms with Crippen LogP contribution in [0.3, 0.4) is 0 Å². The highest BCUT2D eigenvalue weighted by molar-refractivity contribution is 6.24. The monoisotopic (exact) mass is 498 g/mol. The van der Waals surface area contributed by atoms with E-state index in [4.69, 9.17) is 14.2 Å². The Hall–Kier alpha value is -3.22. The lowest BCUT2D eigenvalue weighted by atomic mass is 9.85. The Morgan fingerprint density at radius 2 is 1.44 bits per heavy atom. The van der Waals surface area contributed by atoms with Crippen LogP contribution in [0.25, 0.3) is 0 Å². The number of rotatable bonds is 15. The van der Waals surface area contributed by atoms with Crippen molar-refractivity contribution in [3.63, 3.8) is 0 Å². The second-order valence-electron chi connectivity index (χ2n) is 8.93. The molecule has 0 heterocycles. The normalized spacial score (nSPS) is 13.8. The fourth-order valence-electron chi connectivity index (χ4n) is 4.34. The molecule has 0 saturated heterocycles. The van der Waals surface area contributed by atoms with Gasteiger partial charge in [0.25, 0.3) is 0 Å². The standard InChI is InChI=1S/C29H38O7/c1-5-22-26(31)20(2)23(27(32)28(22)34-4)16-12-10-8-6-7-9-11-15-19-35-29(33)24-17-13-14-18-25(24)36-21(3)30/h13-14,17-18H,5-12,15-16,19H2,1-4H3. The molecular weight excluding hydrogens is 460 g/mol. The minimum absolute atomic E-state index is 0.0665. The zero-order valence-corrected chi connectivity index (χ0v) is 21.9. The molecule has 0 amide bonds. The molecule has 0 radical (unpaired) electrons. The summed E-state index contributed by atoms with van der Waals surface area (Å²) in [6.07, 6.45) is 9.04. The molecule has 196 valence electrons. The Kier molecular flexibility index (Phi) is 12.1. The van der Waals surface area contributed by atoms with Gasteiger partial charge in [0.15, 0.2) is 11.5 Å². The number of carbonyl (C=O) groups is 4. The van der Waals surface area contributed by atoms with Gasteiger partial charge in [0.05, 0.1) is 13.7 Å². The van der Waals surface area contributed by atoms with Gasteiger partial charge in [0, 0.05) is 23.6 Å². The molecule has 0 N–H and O–H groups in total. The van der Waals surface area contributed by atoms with Crippen molar-refractivity contribution in [3.8, 4) is 5.75 Å². The van der Waals surface area contributed by atoms with E-state index in [1.54, 1.807) is 31.2 Å². The van der Waals surface area contributed by atoms with E-state index in [1.807, 2.05) is 6.92 Å². The van der Waals surface area contributed by atoms with E-state index >= 15 is 0 Å². The summed E-state index contributed by atoms with van der Waals surface area (Å²) in [5.41, 5.74) is 1.89. The van der Waals surface area contributed by atoms with Gasteiger partial charge in [-0.15, -0.1) is 0 Å². The van der Waals surface area contributed by atoms with Crippen LogP contribution in [0.2, 0.25) is 0 Å². The molecule has 1 aliphatic carbocycles. The van der Waals surface area contributed by atoms with Crippen LogP contribution in [-0.4, -0.2) is 37.2 Å². The molecule has 0 unspecified atom stereocenters. The summed E-state index contributed by atoms with van der Waals surface area (Å²) in [6, 6.07) is 6.54. The summed E-state index contributed by atoms with van der Waals surface area (Å²) < 4.78 is 15.6. The lowest BCUT2D eigenvalue weighted by molar-refractivity contribution is -0.131. The predicted octanol–water partition coefficient (Wildman–Crippen LogP) is 6.06. The van der Waals surface area contributed by atoms with E-state index < -0.39 is 11.9 Å². The van der Waals surface area contributed by atoms with Crippen LogP contribution < -0.4 is 4.74 Å². The molecular formula is C29H38O7. The zero-order chi connectivity index (χ0) is 26.5. The van der Waals surface area contributed by atoms with E-state index in [0.717, 1.165) is 51.4 Å². The number of esters is 2. The number of unbranched alkanes of at least 4 members (excludes halogenated alkanes) is 7. The topological polar surface area (TPSA) is 96.0 Å². The second-order valence-corrected chi connectivity index (χ2v) is 8.93. The lowest BCUT2D eigenvalue weighted by Gasteiger charge is -2.20. The summed E-state index contributed by atoms with van der Waals surface area (Å²) in [5.74, 6) is -0.757. The highest BCUT2D eigenvalue weighted by Crippen LogP contribution is 2.30. The van der Waals surface area contributed by atoms with Crippen LogP contribution in [0.15, 0.2) is 46.7 Å². The van der Waals surface area contributed by atoms with Gasteiger partial charge < -0.3 is 14.2 Å². The molecule has 2 rings (SSSR count). The largest absolute Gasteiger partial charge is 0.492 e. The Bertz CT molecular complexity index is 1020. The van der Waals surface area contributed by atoms with Crippen LogP contribution >= 0.6 is 0 Å². The van der Waals surface area contributed by atoms with Gasteiger partial charge in [-0.1, -0.05) is 57.6 Å². The summed E-state index contributed by atoms with van der Waals surface area (Å²) in [4.78, 5) is 48.7. The lowest BCUT2D eigenvalue weighted by Crippen LogP contribution is -2.24. The number of hydrogen-bond acceptors (Lipinski definition) is 7. The zero-order valence-electron chi connectivity index (χ0n) is 21.9. The molecule has 0 atom stereocenters. The predicted molar refractivity (Wildman–Crippen MR) is 137 cm³/mol. The molecule has 0 bridgehead atoms. The van der Waals surface area contributed by atoms with E-state index in [1.165, 1.54) is 14.0 Å². The molecule has 0 aromatic heterocycles. The summed E-state index contributed by atoms with van der Waals surface area (Å²) in [7, 11) is 1.45. The number of allylic oxidation sites excluding steroid dienone is 3. The minimum atomic E-state index is -0.491. The van der Waals surface area contributed by atoms with Crippen molar-refractivity contribution in [2.75, 3.05) is 13.7 Å². The van der Waals surface area contributed by atoms with Crippen molar-refractivity contribution < 1.29 is 33.4 Å². The van der Waals surface area contributed by atoms with Gasteiger partial charge in [0.2, 0.25) is 5.78 Å². The molecule has 7 nitrogen and oxygen atoms in total. The second kappa shape index (κ2) is 15.0. The number of carbonyl (C=O) groups excluding carboxylic acids is 4. The average Bonchev–Trinajstić information content (AvgIpc) is 2.86. The van der Waals surface area contributed by atoms with Crippen LogP contribution in [0.5, 0.6) is 5.75 Å². The number of para-hydroxylation sites is 1. The van der Waals surface area contributed by atoms with Crippen LogP contribution in [0, 0.1) is 0 Å². The molecule has 0 fully saturated rings. The van der Waals surface area contributed by atoms with Crippen LogP contribution in [0.1, 0.15) is 95.3 Å². The number of hydrogen-bond donors (Lipinski definition) is 0. The third kappa shape index (κ3) is 8.18. The molecule has 36 heavy (non-hydrogen) atoms. The van der Waals surface area contributed by atoms with Crippen molar-refractivity contribution in [3.05, 3.63) is 52.3 Å². The third-order valence-electron chi connectivity index (χ3n) is 6.29. The maximum atomic E-state index is 12.7. The average molecular weight is 499 g/mol. The molecule has 7 heteroatoms. The number of ketones is 2. The highest BCUT2D eigenvalue weighted by Gasteiger charge is 2.31. The van der Waals surface area contributed by atoms with Crippen molar-refractivity contribution >= 4 is 23.5 Å². The fraction of sp³-hybridized carbons (Fsp3) is 0.517. The quantitative estimate of drug-likeness (QED) is 0.126. The first kappa shape index (κ1) is 29.0. The van der Waals surface area contributed by atoms with E-state index in [9.17, 15) is 19.2 Å². The van der Waals surface area contributed by atoms with Crippen molar-refractivity contribution in [1.82, 2.24) is 0 Å². The van der Waals surface area contributed by atoms with Gasteiger partial charge in [-0.2, -0.15) is 0 Å². The molecule has 0 aliphatic heterocycles.